The summed E-state index contributed by atoms with van der Waals surface area (Å²) < 4.78 is 11.8. The minimum atomic E-state index is 0.205. The summed E-state index contributed by atoms with van der Waals surface area (Å²) in [5, 5.41) is 7.36. The van der Waals surface area contributed by atoms with E-state index in [1.165, 1.54) is 0 Å². The number of hydrogen-bond donors (Lipinski definition) is 1. The van der Waals surface area contributed by atoms with E-state index < -0.39 is 0 Å². The summed E-state index contributed by atoms with van der Waals surface area (Å²) in [5.74, 6) is 1.30. The van der Waals surface area contributed by atoms with Crippen molar-refractivity contribution >= 4 is 16.9 Å². The van der Waals surface area contributed by atoms with Crippen LogP contribution in [0.25, 0.3) is 22.6 Å². The Bertz CT molecular complexity index is 732. The Morgan fingerprint density at radius 2 is 2.26 bits per heavy atom. The normalized spacial score (nSPS) is 11.1. The Hall–Kier alpha value is -2.64. The standard InChI is InChI=1S/C11H12N6O2/c1-3-17-8-6(4-5-13-11(8)18-2)14-10(17)7-9(12)16-19-15-7/h4-5H,3H2,1-2H3,(H2,12,16). The molecule has 19 heavy (non-hydrogen) atoms. The number of aromatic nitrogens is 5. The van der Waals surface area contributed by atoms with Crippen molar-refractivity contribution in [3.05, 3.63) is 12.3 Å². The molecule has 3 rings (SSSR count). The van der Waals surface area contributed by atoms with Crippen molar-refractivity contribution in [3.63, 3.8) is 0 Å². The van der Waals surface area contributed by atoms with E-state index in [1.54, 1.807) is 19.4 Å². The van der Waals surface area contributed by atoms with Gasteiger partial charge in [-0.25, -0.2) is 14.6 Å². The van der Waals surface area contributed by atoms with Crippen molar-refractivity contribution in [1.29, 1.82) is 0 Å². The van der Waals surface area contributed by atoms with Crippen LogP contribution in [-0.4, -0.2) is 32.0 Å². The first-order valence-electron chi connectivity index (χ1n) is 5.73. The summed E-state index contributed by atoms with van der Waals surface area (Å²) in [6, 6.07) is 1.80. The molecule has 0 atom stereocenters. The third-order valence-corrected chi connectivity index (χ3v) is 2.86. The minimum absolute atomic E-state index is 0.205. The number of nitrogen functional groups attached to an aromatic ring is 1. The zero-order valence-corrected chi connectivity index (χ0v) is 10.5. The number of ether oxygens (including phenoxy) is 1. The predicted octanol–water partition coefficient (Wildman–Crippen LogP) is 1.09. The number of nitrogens with zero attached hydrogens (tertiary/aromatic N) is 5. The molecule has 0 amide bonds. The van der Waals surface area contributed by atoms with E-state index in [-0.39, 0.29) is 5.82 Å². The number of fused-ring (bicyclic) bond motifs is 1. The maximum absolute atomic E-state index is 5.72. The fourth-order valence-electron chi connectivity index (χ4n) is 2.04. The quantitative estimate of drug-likeness (QED) is 0.751. The van der Waals surface area contributed by atoms with Crippen LogP contribution in [0.1, 0.15) is 6.92 Å². The van der Waals surface area contributed by atoms with E-state index in [0.29, 0.717) is 23.9 Å². The molecule has 0 radical (unpaired) electrons. The van der Waals surface area contributed by atoms with Crippen LogP contribution >= 0.6 is 0 Å². The molecule has 8 nitrogen and oxygen atoms in total. The molecule has 0 saturated heterocycles. The fraction of sp³-hybridized carbons (Fsp3) is 0.273. The summed E-state index contributed by atoms with van der Waals surface area (Å²) in [7, 11) is 1.57. The monoisotopic (exact) mass is 260 g/mol. The van der Waals surface area contributed by atoms with E-state index in [9.17, 15) is 0 Å². The fourth-order valence-corrected chi connectivity index (χ4v) is 2.04. The molecule has 0 aliphatic carbocycles. The maximum atomic E-state index is 5.72. The first-order chi connectivity index (χ1) is 9.26. The SMILES string of the molecule is CCn1c(-c2nonc2N)nc2ccnc(OC)c21. The topological polar surface area (TPSA) is 105 Å². The van der Waals surface area contributed by atoms with Gasteiger partial charge in [0.1, 0.15) is 5.52 Å². The van der Waals surface area contributed by atoms with Gasteiger partial charge in [-0.1, -0.05) is 0 Å². The van der Waals surface area contributed by atoms with Gasteiger partial charge in [-0.3, -0.25) is 0 Å². The summed E-state index contributed by atoms with van der Waals surface area (Å²) >= 11 is 0. The van der Waals surface area contributed by atoms with Crippen molar-refractivity contribution in [2.45, 2.75) is 13.5 Å². The molecule has 8 heteroatoms. The molecule has 0 aliphatic rings. The van der Waals surface area contributed by atoms with E-state index in [2.05, 4.69) is 24.9 Å². The van der Waals surface area contributed by atoms with E-state index >= 15 is 0 Å². The van der Waals surface area contributed by atoms with Crippen LogP contribution in [0, 0.1) is 0 Å². The zero-order valence-electron chi connectivity index (χ0n) is 10.5. The second kappa shape index (κ2) is 4.23. The molecular formula is C11H12N6O2. The Morgan fingerprint density at radius 1 is 1.42 bits per heavy atom. The Morgan fingerprint density at radius 3 is 2.89 bits per heavy atom. The molecule has 0 spiro atoms. The lowest BCUT2D eigenvalue weighted by molar-refractivity contribution is 0.310. The lowest BCUT2D eigenvalue weighted by Crippen LogP contribution is -2.01. The van der Waals surface area contributed by atoms with Crippen LogP contribution in [-0.2, 0) is 6.54 Å². The number of nitrogens with two attached hydrogens (primary N) is 1. The summed E-state index contributed by atoms with van der Waals surface area (Å²) in [4.78, 5) is 8.67. The van der Waals surface area contributed by atoms with Crippen molar-refractivity contribution in [3.8, 4) is 17.4 Å². The number of anilines is 1. The van der Waals surface area contributed by atoms with E-state index in [1.807, 2.05) is 11.5 Å². The van der Waals surface area contributed by atoms with Gasteiger partial charge < -0.3 is 15.0 Å². The summed E-state index contributed by atoms with van der Waals surface area (Å²) in [5.41, 5.74) is 7.69. The highest BCUT2D eigenvalue weighted by Crippen LogP contribution is 2.30. The summed E-state index contributed by atoms with van der Waals surface area (Å²) in [6.45, 7) is 2.65. The predicted molar refractivity (Wildman–Crippen MR) is 67.5 cm³/mol. The number of pyridine rings is 1. The van der Waals surface area contributed by atoms with Crippen LogP contribution in [0.15, 0.2) is 16.9 Å². The third-order valence-electron chi connectivity index (χ3n) is 2.86. The second-order valence-electron chi connectivity index (χ2n) is 3.87. The lowest BCUT2D eigenvalue weighted by atomic mass is 10.4. The highest BCUT2D eigenvalue weighted by molar-refractivity contribution is 5.85. The van der Waals surface area contributed by atoms with E-state index in [4.69, 9.17) is 10.5 Å². The van der Waals surface area contributed by atoms with Gasteiger partial charge in [0.05, 0.1) is 12.6 Å². The highest BCUT2D eigenvalue weighted by Gasteiger charge is 2.20. The first kappa shape index (κ1) is 11.5. The molecule has 0 saturated carbocycles. The first-order valence-corrected chi connectivity index (χ1v) is 5.73. The van der Waals surface area contributed by atoms with Crippen LogP contribution in [0.2, 0.25) is 0 Å². The summed E-state index contributed by atoms with van der Waals surface area (Å²) in [6.07, 6.45) is 1.64. The Kier molecular flexibility index (Phi) is 2.55. The van der Waals surface area contributed by atoms with Gasteiger partial charge in [-0.2, -0.15) is 0 Å². The van der Waals surface area contributed by atoms with Crippen LogP contribution in [0.5, 0.6) is 5.88 Å². The van der Waals surface area contributed by atoms with Crippen LogP contribution < -0.4 is 10.5 Å². The van der Waals surface area contributed by atoms with Gasteiger partial charge >= 0.3 is 0 Å². The molecular weight excluding hydrogens is 248 g/mol. The molecule has 3 heterocycles. The van der Waals surface area contributed by atoms with Crippen molar-refractivity contribution in [1.82, 2.24) is 24.8 Å². The number of aryl methyl sites for hydroxylation is 1. The maximum Gasteiger partial charge on any atom is 0.239 e. The van der Waals surface area contributed by atoms with Gasteiger partial charge in [0.25, 0.3) is 0 Å². The van der Waals surface area contributed by atoms with Crippen molar-refractivity contribution in [2.24, 2.45) is 0 Å². The Labute approximate surface area is 108 Å². The molecule has 0 bridgehead atoms. The minimum Gasteiger partial charge on any atom is -0.479 e. The van der Waals surface area contributed by atoms with Crippen molar-refractivity contribution < 1.29 is 9.37 Å². The van der Waals surface area contributed by atoms with Gasteiger partial charge in [-0.15, -0.1) is 0 Å². The number of methoxy groups -OCH3 is 1. The second-order valence-corrected chi connectivity index (χ2v) is 3.87. The average Bonchev–Trinajstić information content (AvgIpc) is 3.00. The highest BCUT2D eigenvalue weighted by atomic mass is 16.6. The van der Waals surface area contributed by atoms with Gasteiger partial charge in [0.2, 0.25) is 5.88 Å². The van der Waals surface area contributed by atoms with Gasteiger partial charge in [-0.05, 0) is 23.3 Å². The average molecular weight is 260 g/mol. The Balaban J connectivity index is 2.35. The largest absolute Gasteiger partial charge is 0.479 e. The molecule has 3 aromatic heterocycles. The molecule has 0 aromatic carbocycles. The number of rotatable bonds is 3. The van der Waals surface area contributed by atoms with Gasteiger partial charge in [0.15, 0.2) is 17.3 Å². The lowest BCUT2D eigenvalue weighted by Gasteiger charge is -2.06. The molecule has 0 aliphatic heterocycles. The molecule has 2 N–H and O–H groups in total. The molecule has 3 aromatic rings. The third kappa shape index (κ3) is 1.60. The van der Waals surface area contributed by atoms with Crippen molar-refractivity contribution in [2.75, 3.05) is 12.8 Å². The zero-order chi connectivity index (χ0) is 13.4. The number of imidazole rings is 1. The van der Waals surface area contributed by atoms with Gasteiger partial charge in [0, 0.05) is 12.7 Å². The molecule has 0 fully saturated rings. The number of hydrogen-bond acceptors (Lipinski definition) is 7. The van der Waals surface area contributed by atoms with Crippen LogP contribution in [0.4, 0.5) is 5.82 Å². The van der Waals surface area contributed by atoms with Crippen LogP contribution in [0.3, 0.4) is 0 Å². The molecule has 0 unspecified atom stereocenters. The smallest absolute Gasteiger partial charge is 0.239 e. The molecule has 98 valence electrons. The van der Waals surface area contributed by atoms with E-state index in [0.717, 1.165) is 11.0 Å².